The summed E-state index contributed by atoms with van der Waals surface area (Å²) < 4.78 is 5.55. The van der Waals surface area contributed by atoms with Crippen LogP contribution in [0.15, 0.2) is 57.7 Å². The minimum absolute atomic E-state index is 0.00913. The van der Waals surface area contributed by atoms with Crippen LogP contribution in [0.1, 0.15) is 11.3 Å². The topological polar surface area (TPSA) is 93.6 Å². The van der Waals surface area contributed by atoms with E-state index in [1.54, 1.807) is 36.4 Å². The Kier molecular flexibility index (Phi) is 3.64. The Morgan fingerprint density at radius 2 is 1.83 bits per heavy atom. The third kappa shape index (κ3) is 2.96. The molecule has 3 aromatic rings. The standard InChI is InChI=1S/C17H11NO5/c19-14-2-1-3-16-17(14)15(20)10-13(23-16)9-6-11-4-7-12(8-5-11)18(21)22/h1-10,19H. The summed E-state index contributed by atoms with van der Waals surface area (Å²) in [5.41, 5.74) is 0.692. The predicted molar refractivity (Wildman–Crippen MR) is 86.2 cm³/mol. The van der Waals surface area contributed by atoms with Gasteiger partial charge in [-0.3, -0.25) is 14.9 Å². The molecular formula is C17H11NO5. The smallest absolute Gasteiger partial charge is 0.269 e. The van der Waals surface area contributed by atoms with Gasteiger partial charge >= 0.3 is 0 Å². The van der Waals surface area contributed by atoms with E-state index in [1.165, 1.54) is 24.3 Å². The summed E-state index contributed by atoms with van der Waals surface area (Å²) >= 11 is 0. The highest BCUT2D eigenvalue weighted by atomic mass is 16.6. The first-order valence-electron chi connectivity index (χ1n) is 6.73. The number of nitrogens with zero attached hydrogens (tertiary/aromatic N) is 1. The highest BCUT2D eigenvalue weighted by Crippen LogP contribution is 2.22. The van der Waals surface area contributed by atoms with Gasteiger partial charge in [0.15, 0.2) is 5.43 Å². The molecule has 0 aliphatic rings. The van der Waals surface area contributed by atoms with Crippen LogP contribution in [0, 0.1) is 10.1 Å². The number of aromatic hydroxyl groups is 1. The van der Waals surface area contributed by atoms with Crippen LogP contribution in [0.2, 0.25) is 0 Å². The molecule has 0 saturated carbocycles. The molecule has 0 radical (unpaired) electrons. The lowest BCUT2D eigenvalue weighted by atomic mass is 10.1. The van der Waals surface area contributed by atoms with E-state index >= 15 is 0 Å². The van der Waals surface area contributed by atoms with Gasteiger partial charge in [0.1, 0.15) is 22.5 Å². The first kappa shape index (κ1) is 14.5. The number of nitro groups is 1. The molecule has 0 amide bonds. The number of nitro benzene ring substituents is 1. The SMILES string of the molecule is O=c1cc(C=Cc2ccc([N+](=O)[O-])cc2)oc2cccc(O)c12. The van der Waals surface area contributed by atoms with Crippen molar-refractivity contribution in [2.75, 3.05) is 0 Å². The van der Waals surface area contributed by atoms with Crippen LogP contribution in [0.5, 0.6) is 5.75 Å². The maximum Gasteiger partial charge on any atom is 0.269 e. The zero-order valence-corrected chi connectivity index (χ0v) is 11.8. The molecule has 2 aromatic carbocycles. The van der Waals surface area contributed by atoms with Crippen molar-refractivity contribution in [2.45, 2.75) is 0 Å². The van der Waals surface area contributed by atoms with Crippen molar-refractivity contribution in [1.29, 1.82) is 0 Å². The van der Waals surface area contributed by atoms with E-state index in [4.69, 9.17) is 4.42 Å². The lowest BCUT2D eigenvalue weighted by Gasteiger charge is -2.00. The minimum atomic E-state index is -0.470. The van der Waals surface area contributed by atoms with Crippen LogP contribution in [0.25, 0.3) is 23.1 Å². The largest absolute Gasteiger partial charge is 0.507 e. The lowest BCUT2D eigenvalue weighted by molar-refractivity contribution is -0.384. The van der Waals surface area contributed by atoms with E-state index in [2.05, 4.69) is 0 Å². The Morgan fingerprint density at radius 3 is 2.52 bits per heavy atom. The molecule has 1 heterocycles. The van der Waals surface area contributed by atoms with Crippen molar-refractivity contribution in [2.24, 2.45) is 0 Å². The fourth-order valence-corrected chi connectivity index (χ4v) is 2.18. The number of phenolic OH excluding ortho intramolecular Hbond substituents is 1. The molecule has 3 rings (SSSR count). The third-order valence-electron chi connectivity index (χ3n) is 3.30. The number of phenols is 1. The van der Waals surface area contributed by atoms with Gasteiger partial charge in [0.05, 0.1) is 4.92 Å². The fraction of sp³-hybridized carbons (Fsp3) is 0. The molecule has 6 heteroatoms. The zero-order valence-electron chi connectivity index (χ0n) is 11.8. The summed E-state index contributed by atoms with van der Waals surface area (Å²) in [6.45, 7) is 0. The Hall–Kier alpha value is -3.41. The molecule has 6 nitrogen and oxygen atoms in total. The van der Waals surface area contributed by atoms with Crippen molar-refractivity contribution < 1.29 is 14.4 Å². The first-order valence-corrected chi connectivity index (χ1v) is 6.73. The van der Waals surface area contributed by atoms with Gasteiger partial charge in [0.25, 0.3) is 5.69 Å². The van der Waals surface area contributed by atoms with Gasteiger partial charge in [-0.2, -0.15) is 0 Å². The van der Waals surface area contributed by atoms with E-state index in [-0.39, 0.29) is 22.3 Å². The number of hydrogen-bond donors (Lipinski definition) is 1. The number of benzene rings is 2. The van der Waals surface area contributed by atoms with E-state index in [0.717, 1.165) is 5.56 Å². The summed E-state index contributed by atoms with van der Waals surface area (Å²) in [6, 6.07) is 11.9. The summed E-state index contributed by atoms with van der Waals surface area (Å²) in [5.74, 6) is 0.202. The first-order chi connectivity index (χ1) is 11.0. The molecular weight excluding hydrogens is 298 g/mol. The lowest BCUT2D eigenvalue weighted by Crippen LogP contribution is -2.00. The van der Waals surface area contributed by atoms with Gasteiger partial charge in [-0.1, -0.05) is 12.1 Å². The number of non-ortho nitro benzene ring substituents is 1. The van der Waals surface area contributed by atoms with Crippen LogP contribution in [-0.2, 0) is 0 Å². The molecule has 114 valence electrons. The molecule has 0 fully saturated rings. The van der Waals surface area contributed by atoms with Crippen molar-refractivity contribution in [3.63, 3.8) is 0 Å². The van der Waals surface area contributed by atoms with Crippen LogP contribution >= 0.6 is 0 Å². The predicted octanol–water partition coefficient (Wildman–Crippen LogP) is 3.58. The maximum atomic E-state index is 12.0. The van der Waals surface area contributed by atoms with Crippen LogP contribution < -0.4 is 5.43 Å². The van der Waals surface area contributed by atoms with E-state index in [9.17, 15) is 20.0 Å². The average Bonchev–Trinajstić information content (AvgIpc) is 2.53. The van der Waals surface area contributed by atoms with Crippen LogP contribution in [0.3, 0.4) is 0 Å². The van der Waals surface area contributed by atoms with Gasteiger partial charge in [-0.05, 0) is 35.9 Å². The molecule has 0 saturated heterocycles. The highest BCUT2D eigenvalue weighted by Gasteiger charge is 2.07. The van der Waals surface area contributed by atoms with E-state index < -0.39 is 4.92 Å². The minimum Gasteiger partial charge on any atom is -0.507 e. The highest BCUT2D eigenvalue weighted by molar-refractivity contribution is 5.84. The summed E-state index contributed by atoms with van der Waals surface area (Å²) in [4.78, 5) is 22.2. The summed E-state index contributed by atoms with van der Waals surface area (Å²) in [7, 11) is 0. The zero-order chi connectivity index (χ0) is 16.4. The second-order valence-electron chi connectivity index (χ2n) is 4.85. The number of rotatable bonds is 3. The summed E-state index contributed by atoms with van der Waals surface area (Å²) in [6.07, 6.45) is 3.27. The monoisotopic (exact) mass is 309 g/mol. The molecule has 0 aliphatic carbocycles. The van der Waals surface area contributed by atoms with E-state index in [1.807, 2.05) is 0 Å². The molecule has 0 atom stereocenters. The van der Waals surface area contributed by atoms with Gasteiger partial charge in [-0.25, -0.2) is 0 Å². The van der Waals surface area contributed by atoms with Crippen molar-refractivity contribution in [3.8, 4) is 5.75 Å². The molecule has 0 aliphatic heterocycles. The normalized spacial score (nSPS) is 11.1. The van der Waals surface area contributed by atoms with Crippen LogP contribution in [0.4, 0.5) is 5.69 Å². The Morgan fingerprint density at radius 1 is 1.09 bits per heavy atom. The summed E-state index contributed by atoms with van der Waals surface area (Å²) in [5, 5.41) is 20.4. The fourth-order valence-electron chi connectivity index (χ4n) is 2.18. The van der Waals surface area contributed by atoms with Gasteiger partial charge in [-0.15, -0.1) is 0 Å². The van der Waals surface area contributed by atoms with Gasteiger partial charge in [0.2, 0.25) is 0 Å². The number of hydrogen-bond acceptors (Lipinski definition) is 5. The van der Waals surface area contributed by atoms with Crippen molar-refractivity contribution in [3.05, 3.63) is 80.2 Å². The molecule has 0 unspecified atom stereocenters. The second-order valence-corrected chi connectivity index (χ2v) is 4.85. The van der Waals surface area contributed by atoms with E-state index in [0.29, 0.717) is 11.3 Å². The molecule has 1 N–H and O–H groups in total. The second kappa shape index (κ2) is 5.76. The van der Waals surface area contributed by atoms with Crippen molar-refractivity contribution in [1.82, 2.24) is 0 Å². The Balaban J connectivity index is 1.95. The molecule has 1 aromatic heterocycles. The van der Waals surface area contributed by atoms with Gasteiger partial charge in [0, 0.05) is 18.2 Å². The number of fused-ring (bicyclic) bond motifs is 1. The molecule has 23 heavy (non-hydrogen) atoms. The Bertz CT molecular complexity index is 970. The van der Waals surface area contributed by atoms with Gasteiger partial charge < -0.3 is 9.52 Å². The third-order valence-corrected chi connectivity index (χ3v) is 3.30. The maximum absolute atomic E-state index is 12.0. The van der Waals surface area contributed by atoms with Crippen LogP contribution in [-0.4, -0.2) is 10.0 Å². The quantitative estimate of drug-likeness (QED) is 0.589. The molecule has 0 bridgehead atoms. The Labute approximate surface area is 130 Å². The average molecular weight is 309 g/mol. The van der Waals surface area contributed by atoms with Crippen molar-refractivity contribution >= 4 is 28.8 Å². The molecule has 0 spiro atoms.